The lowest BCUT2D eigenvalue weighted by atomic mass is 10.1. The van der Waals surface area contributed by atoms with Gasteiger partial charge in [-0.3, -0.25) is 24.1 Å². The number of unbranched alkanes of at least 4 members (excludes halogenated alkanes) is 1. The van der Waals surface area contributed by atoms with Gasteiger partial charge >= 0.3 is 0 Å². The first-order chi connectivity index (χ1) is 11.0. The highest BCUT2D eigenvalue weighted by Gasteiger charge is 2.36. The third-order valence-corrected chi connectivity index (χ3v) is 3.48. The fraction of sp³-hybridized carbons (Fsp3) is 0.375. The van der Waals surface area contributed by atoms with Gasteiger partial charge in [0.25, 0.3) is 11.8 Å². The molecule has 1 aromatic rings. The van der Waals surface area contributed by atoms with Crippen LogP contribution in [0.4, 0.5) is 0 Å². The van der Waals surface area contributed by atoms with Gasteiger partial charge in [-0.1, -0.05) is 12.1 Å². The van der Waals surface area contributed by atoms with Crippen molar-refractivity contribution in [1.29, 1.82) is 0 Å². The molecule has 0 spiro atoms. The second-order valence-corrected chi connectivity index (χ2v) is 5.28. The summed E-state index contributed by atoms with van der Waals surface area (Å²) in [5.74, 6) is -1.34. The largest absolute Gasteiger partial charge is 0.356 e. The zero-order valence-electron chi connectivity index (χ0n) is 12.9. The maximum Gasteiger partial charge on any atom is 0.262 e. The smallest absolute Gasteiger partial charge is 0.262 e. The molecule has 0 fully saturated rings. The van der Waals surface area contributed by atoms with Gasteiger partial charge in [0.1, 0.15) is 6.54 Å². The first-order valence-corrected chi connectivity index (χ1v) is 7.47. The summed E-state index contributed by atoms with van der Waals surface area (Å²) in [5.41, 5.74) is 0.668. The predicted molar refractivity (Wildman–Crippen MR) is 82.7 cm³/mol. The van der Waals surface area contributed by atoms with Gasteiger partial charge in [-0.05, 0) is 25.0 Å². The highest BCUT2D eigenvalue weighted by Crippen LogP contribution is 2.21. The van der Waals surface area contributed by atoms with Crippen LogP contribution < -0.4 is 10.6 Å². The van der Waals surface area contributed by atoms with Gasteiger partial charge in [0.2, 0.25) is 11.8 Å². The van der Waals surface area contributed by atoms with Gasteiger partial charge < -0.3 is 10.6 Å². The maximum atomic E-state index is 12.1. The molecule has 2 rings (SSSR count). The SMILES string of the molecule is CC(=O)NCCCCNC(=O)CN1C(=O)c2ccccc2C1=O. The second kappa shape index (κ2) is 7.53. The molecular formula is C16H19N3O4. The molecule has 2 N–H and O–H groups in total. The van der Waals surface area contributed by atoms with Crippen molar-refractivity contribution < 1.29 is 19.2 Å². The van der Waals surface area contributed by atoms with Gasteiger partial charge in [-0.15, -0.1) is 0 Å². The number of carbonyl (C=O) groups excluding carboxylic acids is 4. The number of nitrogens with one attached hydrogen (secondary N) is 2. The Balaban J connectivity index is 1.75. The second-order valence-electron chi connectivity index (χ2n) is 5.28. The molecule has 0 atom stereocenters. The van der Waals surface area contributed by atoms with E-state index >= 15 is 0 Å². The van der Waals surface area contributed by atoms with Crippen LogP contribution in [0.1, 0.15) is 40.5 Å². The quantitative estimate of drug-likeness (QED) is 0.559. The summed E-state index contributed by atoms with van der Waals surface area (Å²) in [5, 5.41) is 5.33. The van der Waals surface area contributed by atoms with Crippen LogP contribution in [0, 0.1) is 0 Å². The Morgan fingerprint density at radius 2 is 1.48 bits per heavy atom. The average molecular weight is 317 g/mol. The van der Waals surface area contributed by atoms with Crippen LogP contribution in [-0.2, 0) is 9.59 Å². The first-order valence-electron chi connectivity index (χ1n) is 7.47. The maximum absolute atomic E-state index is 12.1. The number of hydrogen-bond donors (Lipinski definition) is 2. The monoisotopic (exact) mass is 317 g/mol. The lowest BCUT2D eigenvalue weighted by Crippen LogP contribution is -2.40. The number of amides is 4. The standard InChI is InChI=1S/C16H19N3O4/c1-11(20)17-8-4-5-9-18-14(21)10-19-15(22)12-6-2-3-7-13(12)16(19)23/h2-3,6-7H,4-5,8-10H2,1H3,(H,17,20)(H,18,21). The predicted octanol–water partition coefficient (Wildman–Crippen LogP) is 0.315. The number of hydrogen-bond acceptors (Lipinski definition) is 4. The van der Waals surface area contributed by atoms with E-state index in [9.17, 15) is 19.2 Å². The molecule has 122 valence electrons. The third kappa shape index (κ3) is 4.15. The minimum atomic E-state index is -0.439. The van der Waals surface area contributed by atoms with Crippen molar-refractivity contribution in [3.63, 3.8) is 0 Å². The number of rotatable bonds is 7. The van der Waals surface area contributed by atoms with Crippen LogP contribution in [0.25, 0.3) is 0 Å². The Morgan fingerprint density at radius 1 is 0.957 bits per heavy atom. The molecule has 0 aromatic heterocycles. The van der Waals surface area contributed by atoms with Crippen molar-refractivity contribution in [2.75, 3.05) is 19.6 Å². The van der Waals surface area contributed by atoms with Crippen LogP contribution in [0.5, 0.6) is 0 Å². The highest BCUT2D eigenvalue weighted by atomic mass is 16.2. The van der Waals surface area contributed by atoms with Crippen LogP contribution in [0.15, 0.2) is 24.3 Å². The Hall–Kier alpha value is -2.70. The first kappa shape index (κ1) is 16.7. The summed E-state index contributed by atoms with van der Waals surface area (Å²) >= 11 is 0. The summed E-state index contributed by atoms with van der Waals surface area (Å²) in [6.45, 7) is 2.16. The number of imide groups is 1. The van der Waals surface area contributed by atoms with E-state index in [1.807, 2.05) is 0 Å². The van der Waals surface area contributed by atoms with Crippen molar-refractivity contribution >= 4 is 23.6 Å². The Kier molecular flexibility index (Phi) is 5.46. The number of fused-ring (bicyclic) bond motifs is 1. The summed E-state index contributed by atoms with van der Waals surface area (Å²) < 4.78 is 0. The molecule has 1 aliphatic heterocycles. The zero-order valence-corrected chi connectivity index (χ0v) is 12.9. The van der Waals surface area contributed by atoms with E-state index < -0.39 is 11.8 Å². The van der Waals surface area contributed by atoms with Gasteiger partial charge in [0, 0.05) is 20.0 Å². The van der Waals surface area contributed by atoms with Crippen LogP contribution in [-0.4, -0.2) is 48.2 Å². The van der Waals surface area contributed by atoms with Crippen molar-refractivity contribution in [3.05, 3.63) is 35.4 Å². The molecule has 4 amide bonds. The third-order valence-electron chi connectivity index (χ3n) is 3.48. The summed E-state index contributed by atoms with van der Waals surface area (Å²) in [7, 11) is 0. The Labute approximate surface area is 134 Å². The molecule has 23 heavy (non-hydrogen) atoms. The van der Waals surface area contributed by atoms with E-state index in [2.05, 4.69) is 10.6 Å². The van der Waals surface area contributed by atoms with E-state index in [0.29, 0.717) is 30.6 Å². The number of benzene rings is 1. The molecule has 0 saturated heterocycles. The van der Waals surface area contributed by atoms with Gasteiger partial charge in [-0.25, -0.2) is 0 Å². The van der Waals surface area contributed by atoms with Crippen molar-refractivity contribution in [3.8, 4) is 0 Å². The van der Waals surface area contributed by atoms with Gasteiger partial charge in [-0.2, -0.15) is 0 Å². The Bertz CT molecular complexity index is 607. The van der Waals surface area contributed by atoms with E-state index in [1.165, 1.54) is 6.92 Å². The summed E-state index contributed by atoms with van der Waals surface area (Å²) in [6, 6.07) is 6.52. The van der Waals surface area contributed by atoms with Gasteiger partial charge in [0.05, 0.1) is 11.1 Å². The van der Waals surface area contributed by atoms with E-state index in [-0.39, 0.29) is 18.4 Å². The lowest BCUT2D eigenvalue weighted by molar-refractivity contribution is -0.121. The average Bonchev–Trinajstić information content (AvgIpc) is 2.76. The molecule has 0 saturated carbocycles. The van der Waals surface area contributed by atoms with E-state index in [0.717, 1.165) is 11.3 Å². The fourth-order valence-electron chi connectivity index (χ4n) is 2.32. The molecule has 1 aromatic carbocycles. The number of carbonyl (C=O) groups is 4. The van der Waals surface area contributed by atoms with E-state index in [4.69, 9.17) is 0 Å². The minimum absolute atomic E-state index is 0.0836. The molecular weight excluding hydrogens is 298 g/mol. The van der Waals surface area contributed by atoms with Crippen molar-refractivity contribution in [1.82, 2.24) is 15.5 Å². The molecule has 0 bridgehead atoms. The molecule has 0 unspecified atom stereocenters. The number of nitrogens with zero attached hydrogens (tertiary/aromatic N) is 1. The molecule has 0 aliphatic carbocycles. The molecule has 7 nitrogen and oxygen atoms in total. The lowest BCUT2D eigenvalue weighted by Gasteiger charge is -2.13. The molecule has 1 heterocycles. The summed E-state index contributed by atoms with van der Waals surface area (Å²) in [6.07, 6.45) is 1.45. The normalized spacial score (nSPS) is 13.0. The van der Waals surface area contributed by atoms with Crippen LogP contribution >= 0.6 is 0 Å². The van der Waals surface area contributed by atoms with E-state index in [1.54, 1.807) is 24.3 Å². The topological polar surface area (TPSA) is 95.6 Å². The molecule has 7 heteroatoms. The Morgan fingerprint density at radius 3 is 2.00 bits per heavy atom. The van der Waals surface area contributed by atoms with Crippen molar-refractivity contribution in [2.45, 2.75) is 19.8 Å². The van der Waals surface area contributed by atoms with Gasteiger partial charge in [0.15, 0.2) is 0 Å². The molecule has 1 aliphatic rings. The fourth-order valence-corrected chi connectivity index (χ4v) is 2.32. The van der Waals surface area contributed by atoms with Crippen molar-refractivity contribution in [2.24, 2.45) is 0 Å². The zero-order chi connectivity index (χ0) is 16.8. The minimum Gasteiger partial charge on any atom is -0.356 e. The van der Waals surface area contributed by atoms with Crippen LogP contribution in [0.2, 0.25) is 0 Å². The molecule has 0 radical (unpaired) electrons. The summed E-state index contributed by atoms with van der Waals surface area (Å²) in [4.78, 5) is 47.7. The highest BCUT2D eigenvalue weighted by molar-refractivity contribution is 6.22. The van der Waals surface area contributed by atoms with Crippen LogP contribution in [0.3, 0.4) is 0 Å².